The molecule has 210 valence electrons. The third-order valence-corrected chi connectivity index (χ3v) is 9.03. The number of hydrogen-bond acceptors (Lipinski definition) is 7. The van der Waals surface area contributed by atoms with Gasteiger partial charge in [-0.15, -0.1) is 11.3 Å². The van der Waals surface area contributed by atoms with E-state index >= 15 is 0 Å². The first kappa shape index (κ1) is 28.1. The number of aliphatic hydroxyl groups is 2. The Morgan fingerprint density at radius 2 is 1.88 bits per heavy atom. The minimum absolute atomic E-state index is 0.0311. The van der Waals surface area contributed by atoms with Gasteiger partial charge >= 0.3 is 0 Å². The number of aliphatic hydroxyl groups excluding tert-OH is 1. The number of nitrogens with zero attached hydrogens (tertiary/aromatic N) is 3. The van der Waals surface area contributed by atoms with E-state index in [0.717, 1.165) is 27.3 Å². The molecule has 2 aliphatic heterocycles. The zero-order chi connectivity index (χ0) is 28.6. The number of Topliss-reactive ketones (excluding diaryl/α,β-unsaturated/α-hetero) is 1. The SMILES string of the molecule is Cc1ncsc1-c1ccc(CCC(=O)[C@@H]2C[C@@](O)(CO)CN2C(=O)[C@H](C(C)C)N2Cc3ccccc3C2=O)cc1. The Bertz CT molecular complexity index is 1420. The first-order valence-electron chi connectivity index (χ1n) is 13.7. The van der Waals surface area contributed by atoms with E-state index in [1.54, 1.807) is 28.4 Å². The van der Waals surface area contributed by atoms with Crippen LogP contribution in [0.4, 0.5) is 0 Å². The van der Waals surface area contributed by atoms with E-state index in [1.165, 1.54) is 4.90 Å². The van der Waals surface area contributed by atoms with E-state index in [-0.39, 0.29) is 42.9 Å². The van der Waals surface area contributed by atoms with Gasteiger partial charge in [0.2, 0.25) is 5.91 Å². The fraction of sp³-hybridized carbons (Fsp3) is 0.419. The van der Waals surface area contributed by atoms with Crippen LogP contribution >= 0.6 is 11.3 Å². The number of amides is 2. The van der Waals surface area contributed by atoms with Crippen molar-refractivity contribution in [2.75, 3.05) is 13.2 Å². The zero-order valence-electron chi connectivity index (χ0n) is 23.0. The second kappa shape index (κ2) is 11.2. The molecule has 0 bridgehead atoms. The largest absolute Gasteiger partial charge is 0.393 e. The van der Waals surface area contributed by atoms with E-state index in [9.17, 15) is 24.6 Å². The van der Waals surface area contributed by atoms with Crippen molar-refractivity contribution in [3.63, 3.8) is 0 Å². The van der Waals surface area contributed by atoms with Crippen molar-refractivity contribution in [2.45, 2.75) is 64.3 Å². The molecular formula is C31H35N3O5S. The summed E-state index contributed by atoms with van der Waals surface area (Å²) >= 11 is 1.59. The van der Waals surface area contributed by atoms with Gasteiger partial charge in [-0.1, -0.05) is 56.3 Å². The highest BCUT2D eigenvalue weighted by atomic mass is 32.1. The molecule has 0 spiro atoms. The maximum atomic E-state index is 14.0. The number of rotatable bonds is 9. The van der Waals surface area contributed by atoms with Crippen LogP contribution in [0.25, 0.3) is 10.4 Å². The van der Waals surface area contributed by atoms with Crippen LogP contribution in [0, 0.1) is 12.8 Å². The third kappa shape index (κ3) is 5.33. The molecule has 2 amide bonds. The smallest absolute Gasteiger partial charge is 0.255 e. The number of β-amino-alcohol motifs (C(OH)–C–C–N with tert-alkyl or cyclic N) is 1. The van der Waals surface area contributed by atoms with Gasteiger partial charge in [0.25, 0.3) is 5.91 Å². The standard InChI is InChI=1S/C31H35N3O5S/c1-19(2)27(33-15-23-6-4-5-7-24(23)29(33)37)30(38)34-16-31(39,17-35)14-25(34)26(36)13-10-21-8-11-22(12-9-21)28-20(3)32-18-40-28/h4-9,11-12,18-19,25,27,35,39H,10,13-17H2,1-3H3/t25-,27-,31-/m0/s1. The van der Waals surface area contributed by atoms with Crippen LogP contribution in [0.5, 0.6) is 0 Å². The Balaban J connectivity index is 1.32. The molecule has 9 heteroatoms. The van der Waals surface area contributed by atoms with Crippen LogP contribution in [0.2, 0.25) is 0 Å². The Morgan fingerprint density at radius 1 is 1.15 bits per heavy atom. The molecule has 3 heterocycles. The molecule has 8 nitrogen and oxygen atoms in total. The van der Waals surface area contributed by atoms with E-state index in [4.69, 9.17) is 0 Å². The van der Waals surface area contributed by atoms with E-state index < -0.39 is 24.3 Å². The molecule has 2 aliphatic rings. The molecule has 2 aromatic carbocycles. The van der Waals surface area contributed by atoms with Crippen molar-refractivity contribution in [1.29, 1.82) is 0 Å². The first-order chi connectivity index (χ1) is 19.1. The molecule has 3 aromatic rings. The maximum absolute atomic E-state index is 14.0. The molecule has 1 aromatic heterocycles. The number of carbonyl (C=O) groups excluding carboxylic acids is 3. The molecule has 2 N–H and O–H groups in total. The van der Waals surface area contributed by atoms with Gasteiger partial charge in [-0.3, -0.25) is 14.4 Å². The van der Waals surface area contributed by atoms with Crippen LogP contribution in [0.3, 0.4) is 0 Å². The summed E-state index contributed by atoms with van der Waals surface area (Å²) < 4.78 is 0. The topological polar surface area (TPSA) is 111 Å². The second-order valence-electron chi connectivity index (χ2n) is 11.3. The lowest BCUT2D eigenvalue weighted by molar-refractivity contribution is -0.143. The van der Waals surface area contributed by atoms with Crippen LogP contribution < -0.4 is 0 Å². The quantitative estimate of drug-likeness (QED) is 0.413. The summed E-state index contributed by atoms with van der Waals surface area (Å²) in [7, 11) is 0. The van der Waals surface area contributed by atoms with Gasteiger partial charge in [-0.25, -0.2) is 4.98 Å². The van der Waals surface area contributed by atoms with Crippen molar-refractivity contribution in [1.82, 2.24) is 14.8 Å². The molecule has 1 fully saturated rings. The number of carbonyl (C=O) groups is 3. The number of thiazole rings is 1. The lowest BCUT2D eigenvalue weighted by atomic mass is 9.95. The molecule has 0 unspecified atom stereocenters. The van der Waals surface area contributed by atoms with Gasteiger partial charge in [0.15, 0.2) is 5.78 Å². The van der Waals surface area contributed by atoms with Crippen molar-refractivity contribution in [2.24, 2.45) is 5.92 Å². The number of ketones is 1. The fourth-order valence-corrected chi connectivity index (χ4v) is 6.69. The summed E-state index contributed by atoms with van der Waals surface area (Å²) in [6.45, 7) is 5.34. The van der Waals surface area contributed by atoms with E-state index in [1.807, 2.05) is 62.7 Å². The number of fused-ring (bicyclic) bond motifs is 1. The summed E-state index contributed by atoms with van der Waals surface area (Å²) in [5, 5.41) is 20.9. The summed E-state index contributed by atoms with van der Waals surface area (Å²) in [5.74, 6) is -0.967. The third-order valence-electron chi connectivity index (χ3n) is 8.05. The van der Waals surface area contributed by atoms with Gasteiger partial charge < -0.3 is 20.0 Å². The van der Waals surface area contributed by atoms with Gasteiger partial charge in [0.05, 0.1) is 35.3 Å². The van der Waals surface area contributed by atoms with Gasteiger partial charge in [0, 0.05) is 24.9 Å². The Labute approximate surface area is 238 Å². The lowest BCUT2D eigenvalue weighted by Gasteiger charge is -2.35. The summed E-state index contributed by atoms with van der Waals surface area (Å²) in [5.41, 5.74) is 4.75. The molecule has 40 heavy (non-hydrogen) atoms. The minimum Gasteiger partial charge on any atom is -0.393 e. The number of benzene rings is 2. The number of aromatic nitrogens is 1. The summed E-state index contributed by atoms with van der Waals surface area (Å²) in [4.78, 5) is 49.2. The monoisotopic (exact) mass is 561 g/mol. The van der Waals surface area contributed by atoms with Gasteiger partial charge in [-0.2, -0.15) is 0 Å². The minimum atomic E-state index is -1.57. The summed E-state index contributed by atoms with van der Waals surface area (Å²) in [6, 6.07) is 13.7. The molecule has 0 saturated carbocycles. The van der Waals surface area contributed by atoms with E-state index in [0.29, 0.717) is 18.5 Å². The predicted molar refractivity (Wildman–Crippen MR) is 153 cm³/mol. The van der Waals surface area contributed by atoms with Crippen molar-refractivity contribution < 1.29 is 24.6 Å². The second-order valence-corrected chi connectivity index (χ2v) is 12.1. The predicted octanol–water partition coefficient (Wildman–Crippen LogP) is 3.63. The highest BCUT2D eigenvalue weighted by Crippen LogP contribution is 2.34. The van der Waals surface area contributed by atoms with Crippen molar-refractivity contribution in [3.8, 4) is 10.4 Å². The first-order valence-corrected chi connectivity index (χ1v) is 14.5. The zero-order valence-corrected chi connectivity index (χ0v) is 23.9. The Kier molecular flexibility index (Phi) is 7.90. The Hall–Kier alpha value is -3.40. The average Bonchev–Trinajstić information content (AvgIpc) is 3.63. The van der Waals surface area contributed by atoms with Crippen LogP contribution in [-0.4, -0.2) is 73.4 Å². The molecule has 1 saturated heterocycles. The number of hydrogen-bond donors (Lipinski definition) is 2. The number of likely N-dealkylation sites (tertiary alicyclic amines) is 1. The summed E-state index contributed by atoms with van der Waals surface area (Å²) in [6.07, 6.45) is 0.649. The molecule has 0 aliphatic carbocycles. The molecular weight excluding hydrogens is 526 g/mol. The molecule has 5 rings (SSSR count). The van der Waals surface area contributed by atoms with Crippen molar-refractivity contribution >= 4 is 28.9 Å². The average molecular weight is 562 g/mol. The van der Waals surface area contributed by atoms with Gasteiger partial charge in [-0.05, 0) is 42.0 Å². The highest BCUT2D eigenvalue weighted by molar-refractivity contribution is 7.13. The number of aryl methyl sites for hydroxylation is 2. The Morgan fingerprint density at radius 3 is 2.50 bits per heavy atom. The fourth-order valence-electron chi connectivity index (χ4n) is 5.88. The maximum Gasteiger partial charge on any atom is 0.255 e. The normalized spacial score (nSPS) is 21.2. The van der Waals surface area contributed by atoms with Gasteiger partial charge in [0.1, 0.15) is 11.6 Å². The van der Waals surface area contributed by atoms with Crippen LogP contribution in [0.1, 0.15) is 53.9 Å². The molecule has 3 atom stereocenters. The lowest BCUT2D eigenvalue weighted by Crippen LogP contribution is -2.54. The van der Waals surface area contributed by atoms with Crippen LogP contribution in [0.15, 0.2) is 54.0 Å². The molecule has 0 radical (unpaired) electrons. The van der Waals surface area contributed by atoms with Crippen molar-refractivity contribution in [3.05, 3.63) is 76.4 Å². The highest BCUT2D eigenvalue weighted by Gasteiger charge is 2.50. The van der Waals surface area contributed by atoms with Crippen LogP contribution in [-0.2, 0) is 22.6 Å². The van der Waals surface area contributed by atoms with E-state index in [2.05, 4.69) is 4.98 Å².